The summed E-state index contributed by atoms with van der Waals surface area (Å²) < 4.78 is 0. The molecule has 2 rings (SSSR count). The molecule has 0 aromatic heterocycles. The van der Waals surface area contributed by atoms with Crippen LogP contribution in [0.3, 0.4) is 0 Å². The molecular weight excluding hydrogens is 158 g/mol. The maximum Gasteiger partial charge on any atom is 0.0389 e. The zero-order chi connectivity index (χ0) is 9.10. The van der Waals surface area contributed by atoms with Crippen molar-refractivity contribution in [2.45, 2.75) is 32.6 Å². The number of hydrogen-bond donors (Lipinski definition) is 0. The Kier molecular flexibility index (Phi) is 2.62. The van der Waals surface area contributed by atoms with Gasteiger partial charge in [0.25, 0.3) is 0 Å². The number of aliphatic imine (C=N–C) groups is 1. The van der Waals surface area contributed by atoms with E-state index in [0.29, 0.717) is 5.92 Å². The fourth-order valence-corrected chi connectivity index (χ4v) is 2.00. The highest BCUT2D eigenvalue weighted by atomic mass is 14.7. The maximum absolute atomic E-state index is 4.61. The zero-order valence-electron chi connectivity index (χ0n) is 8.29. The molecule has 0 N–H and O–H groups in total. The minimum Gasteiger partial charge on any atom is -0.294 e. The van der Waals surface area contributed by atoms with E-state index in [2.05, 4.69) is 30.1 Å². The van der Waals surface area contributed by atoms with Crippen molar-refractivity contribution < 1.29 is 0 Å². The molecule has 1 aliphatic carbocycles. The topological polar surface area (TPSA) is 12.4 Å². The molecule has 13 heavy (non-hydrogen) atoms. The van der Waals surface area contributed by atoms with Gasteiger partial charge in [-0.2, -0.15) is 0 Å². The number of nitrogens with zero attached hydrogens (tertiary/aromatic N) is 1. The Labute approximate surface area is 80.3 Å². The molecule has 0 radical (unpaired) electrons. The van der Waals surface area contributed by atoms with E-state index in [0.717, 1.165) is 6.54 Å². The lowest BCUT2D eigenvalue weighted by Crippen LogP contribution is -2.17. The summed E-state index contributed by atoms with van der Waals surface area (Å²) in [5.74, 6) is 0.615. The van der Waals surface area contributed by atoms with Crippen molar-refractivity contribution in [1.29, 1.82) is 0 Å². The van der Waals surface area contributed by atoms with Gasteiger partial charge in [0.15, 0.2) is 0 Å². The first-order chi connectivity index (χ1) is 6.36. The Balaban J connectivity index is 2.03. The van der Waals surface area contributed by atoms with Crippen LogP contribution in [-0.4, -0.2) is 12.3 Å². The molecule has 0 saturated heterocycles. The molecular formula is C12H17N. The van der Waals surface area contributed by atoms with Gasteiger partial charge in [-0.15, -0.1) is 0 Å². The van der Waals surface area contributed by atoms with Gasteiger partial charge in [-0.05, 0) is 32.6 Å². The van der Waals surface area contributed by atoms with Gasteiger partial charge in [-0.3, -0.25) is 4.99 Å². The smallest absolute Gasteiger partial charge is 0.0389 e. The standard InChI is InChI=1S/C12H17N/c1-10-5-7-11(8-6-10)12-4-2-3-9-13-12/h5-7,11H,2-4,8-9H2,1H3. The van der Waals surface area contributed by atoms with E-state index >= 15 is 0 Å². The van der Waals surface area contributed by atoms with E-state index in [4.69, 9.17) is 0 Å². The first kappa shape index (κ1) is 8.74. The first-order valence-corrected chi connectivity index (χ1v) is 5.24. The number of allylic oxidation sites excluding steroid dienone is 4. The molecule has 0 fully saturated rings. The molecule has 70 valence electrons. The fourth-order valence-electron chi connectivity index (χ4n) is 2.00. The van der Waals surface area contributed by atoms with Crippen LogP contribution in [0.2, 0.25) is 0 Å². The van der Waals surface area contributed by atoms with Crippen LogP contribution < -0.4 is 0 Å². The highest BCUT2D eigenvalue weighted by molar-refractivity contribution is 5.89. The summed E-state index contributed by atoms with van der Waals surface area (Å²) in [6.07, 6.45) is 11.9. The summed E-state index contributed by atoms with van der Waals surface area (Å²) in [6.45, 7) is 3.22. The molecule has 0 aromatic rings. The van der Waals surface area contributed by atoms with Crippen LogP contribution in [-0.2, 0) is 0 Å². The van der Waals surface area contributed by atoms with E-state index in [-0.39, 0.29) is 0 Å². The molecule has 1 heterocycles. The predicted molar refractivity (Wildman–Crippen MR) is 57.2 cm³/mol. The van der Waals surface area contributed by atoms with Gasteiger partial charge in [0, 0.05) is 18.2 Å². The van der Waals surface area contributed by atoms with Crippen LogP contribution in [0.5, 0.6) is 0 Å². The van der Waals surface area contributed by atoms with Crippen molar-refractivity contribution in [3.63, 3.8) is 0 Å². The van der Waals surface area contributed by atoms with Gasteiger partial charge in [0.05, 0.1) is 0 Å². The Bertz CT molecular complexity index is 271. The molecule has 1 atom stereocenters. The molecule has 0 bridgehead atoms. The third-order valence-electron chi connectivity index (χ3n) is 2.87. The highest BCUT2D eigenvalue weighted by Gasteiger charge is 2.15. The van der Waals surface area contributed by atoms with Crippen LogP contribution in [0, 0.1) is 5.92 Å². The van der Waals surface area contributed by atoms with Crippen molar-refractivity contribution in [1.82, 2.24) is 0 Å². The average Bonchev–Trinajstić information content (AvgIpc) is 2.20. The Hall–Kier alpha value is -0.850. The van der Waals surface area contributed by atoms with Crippen LogP contribution in [0.1, 0.15) is 32.6 Å². The third kappa shape index (κ3) is 2.09. The Morgan fingerprint density at radius 1 is 1.38 bits per heavy atom. The second-order valence-corrected chi connectivity index (χ2v) is 3.98. The molecule has 0 saturated carbocycles. The second kappa shape index (κ2) is 3.91. The molecule has 1 heteroatoms. The summed E-state index contributed by atoms with van der Waals surface area (Å²) in [7, 11) is 0. The number of hydrogen-bond acceptors (Lipinski definition) is 1. The second-order valence-electron chi connectivity index (χ2n) is 3.98. The van der Waals surface area contributed by atoms with E-state index in [1.54, 1.807) is 0 Å². The minimum absolute atomic E-state index is 0.615. The summed E-state index contributed by atoms with van der Waals surface area (Å²) in [4.78, 5) is 4.61. The number of rotatable bonds is 1. The summed E-state index contributed by atoms with van der Waals surface area (Å²) in [6, 6.07) is 0. The molecule has 1 nitrogen and oxygen atoms in total. The van der Waals surface area contributed by atoms with E-state index in [1.165, 1.54) is 37.0 Å². The van der Waals surface area contributed by atoms with E-state index < -0.39 is 0 Å². The lowest BCUT2D eigenvalue weighted by molar-refractivity contribution is 0.696. The lowest BCUT2D eigenvalue weighted by Gasteiger charge is -2.20. The van der Waals surface area contributed by atoms with Gasteiger partial charge in [-0.1, -0.05) is 23.8 Å². The summed E-state index contributed by atoms with van der Waals surface area (Å²) in [5.41, 5.74) is 2.83. The summed E-state index contributed by atoms with van der Waals surface area (Å²) in [5, 5.41) is 0. The summed E-state index contributed by atoms with van der Waals surface area (Å²) >= 11 is 0. The van der Waals surface area contributed by atoms with Gasteiger partial charge >= 0.3 is 0 Å². The molecule has 1 aliphatic heterocycles. The van der Waals surface area contributed by atoms with Crippen LogP contribution in [0.15, 0.2) is 28.8 Å². The minimum atomic E-state index is 0.615. The first-order valence-electron chi connectivity index (χ1n) is 5.24. The van der Waals surface area contributed by atoms with Gasteiger partial charge in [0.1, 0.15) is 0 Å². The van der Waals surface area contributed by atoms with Crippen molar-refractivity contribution >= 4 is 5.71 Å². The highest BCUT2D eigenvalue weighted by Crippen LogP contribution is 2.22. The van der Waals surface area contributed by atoms with Crippen molar-refractivity contribution in [2.24, 2.45) is 10.9 Å². The molecule has 0 aromatic carbocycles. The maximum atomic E-state index is 4.61. The zero-order valence-corrected chi connectivity index (χ0v) is 8.29. The van der Waals surface area contributed by atoms with Crippen molar-refractivity contribution in [3.05, 3.63) is 23.8 Å². The average molecular weight is 175 g/mol. The van der Waals surface area contributed by atoms with Crippen molar-refractivity contribution in [2.75, 3.05) is 6.54 Å². The Morgan fingerprint density at radius 3 is 2.92 bits per heavy atom. The van der Waals surface area contributed by atoms with Gasteiger partial charge < -0.3 is 0 Å². The molecule has 0 amide bonds. The van der Waals surface area contributed by atoms with Crippen molar-refractivity contribution in [3.8, 4) is 0 Å². The fraction of sp³-hybridized carbons (Fsp3) is 0.583. The molecule has 0 spiro atoms. The van der Waals surface area contributed by atoms with Crippen LogP contribution >= 0.6 is 0 Å². The molecule has 1 unspecified atom stereocenters. The Morgan fingerprint density at radius 2 is 2.31 bits per heavy atom. The van der Waals surface area contributed by atoms with E-state index in [9.17, 15) is 0 Å². The molecule has 2 aliphatic rings. The van der Waals surface area contributed by atoms with Crippen LogP contribution in [0.4, 0.5) is 0 Å². The van der Waals surface area contributed by atoms with Gasteiger partial charge in [-0.25, -0.2) is 0 Å². The lowest BCUT2D eigenvalue weighted by atomic mass is 9.89. The van der Waals surface area contributed by atoms with Crippen LogP contribution in [0.25, 0.3) is 0 Å². The largest absolute Gasteiger partial charge is 0.294 e. The normalized spacial score (nSPS) is 28.2. The predicted octanol–water partition coefficient (Wildman–Crippen LogP) is 3.13. The SMILES string of the molecule is CC1=CCC(C2=NCCCC2)C=C1. The van der Waals surface area contributed by atoms with E-state index in [1.807, 2.05) is 0 Å². The van der Waals surface area contributed by atoms with Gasteiger partial charge in [0.2, 0.25) is 0 Å². The monoisotopic (exact) mass is 175 g/mol. The quantitative estimate of drug-likeness (QED) is 0.580. The third-order valence-corrected chi connectivity index (χ3v) is 2.87.